The Morgan fingerprint density at radius 2 is 1.69 bits per heavy atom. The Balaban J connectivity index is 1.30. The van der Waals surface area contributed by atoms with Gasteiger partial charge in [0.25, 0.3) is 5.91 Å². The minimum atomic E-state index is -4.42. The van der Waals surface area contributed by atoms with E-state index in [0.29, 0.717) is 32.7 Å². The van der Waals surface area contributed by atoms with E-state index >= 15 is 0 Å². The van der Waals surface area contributed by atoms with Gasteiger partial charge in [0.1, 0.15) is 5.75 Å². The van der Waals surface area contributed by atoms with Crippen LogP contribution in [0.1, 0.15) is 26.5 Å². The molecule has 1 aliphatic rings. The Morgan fingerprint density at radius 1 is 1.03 bits per heavy atom. The van der Waals surface area contributed by atoms with E-state index in [1.165, 1.54) is 17.0 Å². The van der Waals surface area contributed by atoms with Crippen LogP contribution in [0, 0.1) is 6.92 Å². The van der Waals surface area contributed by atoms with Crippen molar-refractivity contribution < 1.29 is 22.7 Å². The number of ether oxygens (including phenoxy) is 1. The number of imidazole rings is 1. The van der Waals surface area contributed by atoms with E-state index < -0.39 is 11.7 Å². The van der Waals surface area contributed by atoms with Gasteiger partial charge in [0.05, 0.1) is 24.1 Å². The number of carbonyl (C=O) groups excluding carboxylic acids is 1. The van der Waals surface area contributed by atoms with E-state index in [2.05, 4.69) is 22.4 Å². The maximum atomic E-state index is 12.9. The van der Waals surface area contributed by atoms with E-state index in [1.54, 1.807) is 23.3 Å². The SMILES string of the molecule is COc1ccc(-c2nc3sc(C)cn3c2CN2CCN(C(=O)c3ccc(C(F)(F)F)cc3)CC2)cc1. The Morgan fingerprint density at radius 3 is 2.31 bits per heavy atom. The number of hydrogen-bond acceptors (Lipinski definition) is 5. The lowest BCUT2D eigenvalue weighted by molar-refractivity contribution is -0.137. The number of piperazine rings is 1. The number of methoxy groups -OCH3 is 1. The fraction of sp³-hybridized carbons (Fsp3) is 0.308. The largest absolute Gasteiger partial charge is 0.497 e. The third-order valence-corrected chi connectivity index (χ3v) is 7.29. The maximum Gasteiger partial charge on any atom is 0.416 e. The smallest absolute Gasteiger partial charge is 0.416 e. The molecule has 0 N–H and O–H groups in total. The highest BCUT2D eigenvalue weighted by Gasteiger charge is 2.31. The van der Waals surface area contributed by atoms with E-state index in [1.807, 2.05) is 24.3 Å². The van der Waals surface area contributed by atoms with Crippen LogP contribution in [0.3, 0.4) is 0 Å². The van der Waals surface area contributed by atoms with Crippen LogP contribution in [-0.4, -0.2) is 58.4 Å². The molecule has 10 heteroatoms. The quantitative estimate of drug-likeness (QED) is 0.360. The molecule has 2 aromatic heterocycles. The van der Waals surface area contributed by atoms with Crippen molar-refractivity contribution in [3.8, 4) is 17.0 Å². The highest BCUT2D eigenvalue weighted by atomic mass is 32.1. The molecule has 0 unspecified atom stereocenters. The summed E-state index contributed by atoms with van der Waals surface area (Å²) in [5.74, 6) is 0.536. The summed E-state index contributed by atoms with van der Waals surface area (Å²) in [5.41, 5.74) is 2.53. The van der Waals surface area contributed by atoms with Gasteiger partial charge >= 0.3 is 6.18 Å². The number of benzene rings is 2. The van der Waals surface area contributed by atoms with Gasteiger partial charge < -0.3 is 9.64 Å². The third-order valence-electron chi connectivity index (χ3n) is 6.40. The lowest BCUT2D eigenvalue weighted by atomic mass is 10.1. The molecule has 0 spiro atoms. The summed E-state index contributed by atoms with van der Waals surface area (Å²) in [6, 6.07) is 12.3. The van der Waals surface area contributed by atoms with Gasteiger partial charge in [-0.25, -0.2) is 4.98 Å². The molecule has 0 aliphatic carbocycles. The third kappa shape index (κ3) is 4.83. The summed E-state index contributed by atoms with van der Waals surface area (Å²) in [6.45, 7) is 5.04. The first-order valence-electron chi connectivity index (χ1n) is 11.5. The summed E-state index contributed by atoms with van der Waals surface area (Å²) in [6.07, 6.45) is -2.32. The number of nitrogens with zero attached hydrogens (tertiary/aromatic N) is 4. The minimum Gasteiger partial charge on any atom is -0.497 e. The van der Waals surface area contributed by atoms with Gasteiger partial charge in [-0.1, -0.05) is 0 Å². The number of hydrogen-bond donors (Lipinski definition) is 0. The van der Waals surface area contributed by atoms with Crippen molar-refractivity contribution in [3.63, 3.8) is 0 Å². The molecule has 0 atom stereocenters. The van der Waals surface area contributed by atoms with E-state index in [0.717, 1.165) is 39.8 Å². The first-order valence-corrected chi connectivity index (χ1v) is 12.4. The Bertz CT molecular complexity index is 1370. The molecule has 5 rings (SSSR count). The van der Waals surface area contributed by atoms with Crippen molar-refractivity contribution in [1.82, 2.24) is 19.2 Å². The molecule has 1 fully saturated rings. The lowest BCUT2D eigenvalue weighted by Crippen LogP contribution is -2.48. The van der Waals surface area contributed by atoms with Crippen molar-refractivity contribution in [2.45, 2.75) is 19.6 Å². The van der Waals surface area contributed by atoms with Gasteiger partial charge in [0.15, 0.2) is 4.96 Å². The van der Waals surface area contributed by atoms with Gasteiger partial charge in [-0.3, -0.25) is 14.1 Å². The zero-order valence-electron chi connectivity index (χ0n) is 19.9. The van der Waals surface area contributed by atoms with Gasteiger partial charge in [-0.15, -0.1) is 11.3 Å². The van der Waals surface area contributed by atoms with Crippen LogP contribution < -0.4 is 4.74 Å². The highest BCUT2D eigenvalue weighted by molar-refractivity contribution is 7.17. The molecule has 1 aliphatic heterocycles. The van der Waals surface area contributed by atoms with Crippen LogP contribution in [-0.2, 0) is 12.7 Å². The van der Waals surface area contributed by atoms with Gasteiger partial charge in [-0.05, 0) is 55.5 Å². The molecule has 3 heterocycles. The fourth-order valence-corrected chi connectivity index (χ4v) is 5.28. The highest BCUT2D eigenvalue weighted by Crippen LogP contribution is 2.31. The summed E-state index contributed by atoms with van der Waals surface area (Å²) in [5, 5.41) is 0. The number of thiazole rings is 1. The number of aryl methyl sites for hydroxylation is 1. The molecule has 0 radical (unpaired) electrons. The molecule has 188 valence electrons. The normalized spacial score (nSPS) is 15.0. The number of halogens is 3. The lowest BCUT2D eigenvalue weighted by Gasteiger charge is -2.34. The van der Waals surface area contributed by atoms with E-state index in [9.17, 15) is 18.0 Å². The second-order valence-corrected chi connectivity index (χ2v) is 9.99. The monoisotopic (exact) mass is 514 g/mol. The second-order valence-electron chi connectivity index (χ2n) is 8.77. The van der Waals surface area contributed by atoms with Crippen LogP contribution in [0.2, 0.25) is 0 Å². The molecule has 0 bridgehead atoms. The number of carbonyl (C=O) groups is 1. The molecular formula is C26H25F3N4O2S. The molecule has 1 amide bonds. The summed E-state index contributed by atoms with van der Waals surface area (Å²) >= 11 is 1.64. The minimum absolute atomic E-state index is 0.248. The first-order chi connectivity index (χ1) is 17.2. The fourth-order valence-electron chi connectivity index (χ4n) is 4.44. The van der Waals surface area contributed by atoms with Crippen LogP contribution in [0.15, 0.2) is 54.7 Å². The van der Waals surface area contributed by atoms with Gasteiger partial charge in [0, 0.05) is 54.9 Å². The molecule has 1 saturated heterocycles. The standard InChI is InChI=1S/C26H25F3N4O2S/c1-17-15-33-22(23(30-25(33)36-17)18-5-9-21(35-2)10-6-18)16-31-11-13-32(14-12-31)24(34)19-3-7-20(8-4-19)26(27,28)29/h3-10,15H,11-14,16H2,1-2H3. The molecule has 2 aromatic carbocycles. The van der Waals surface area contributed by atoms with Crippen LogP contribution in [0.4, 0.5) is 13.2 Å². The summed E-state index contributed by atoms with van der Waals surface area (Å²) in [4.78, 5) is 23.8. The van der Waals surface area contributed by atoms with Crippen LogP contribution >= 0.6 is 11.3 Å². The number of rotatable bonds is 5. The zero-order valence-corrected chi connectivity index (χ0v) is 20.7. The van der Waals surface area contributed by atoms with Crippen LogP contribution in [0.25, 0.3) is 16.2 Å². The summed E-state index contributed by atoms with van der Waals surface area (Å²) in [7, 11) is 1.64. The Labute approximate surface area is 210 Å². The molecule has 4 aromatic rings. The Hall–Kier alpha value is -3.37. The first kappa shape index (κ1) is 24.3. The maximum absolute atomic E-state index is 12.9. The predicted molar refractivity (Wildman–Crippen MR) is 132 cm³/mol. The van der Waals surface area contributed by atoms with Crippen molar-refractivity contribution >= 4 is 22.2 Å². The number of amides is 1. The van der Waals surface area contributed by atoms with Crippen molar-refractivity contribution in [2.24, 2.45) is 0 Å². The summed E-state index contributed by atoms with van der Waals surface area (Å²) < 4.78 is 45.9. The molecule has 36 heavy (non-hydrogen) atoms. The number of fused-ring (bicyclic) bond motifs is 1. The van der Waals surface area contributed by atoms with Crippen molar-refractivity contribution in [3.05, 3.63) is 76.4 Å². The topological polar surface area (TPSA) is 50.1 Å². The van der Waals surface area contributed by atoms with Crippen molar-refractivity contribution in [2.75, 3.05) is 33.3 Å². The van der Waals surface area contributed by atoms with Gasteiger partial charge in [0.2, 0.25) is 0 Å². The number of aromatic nitrogens is 2. The average molecular weight is 515 g/mol. The number of alkyl halides is 3. The predicted octanol–water partition coefficient (Wildman–Crippen LogP) is 5.36. The average Bonchev–Trinajstić information content (AvgIpc) is 3.40. The Kier molecular flexibility index (Phi) is 6.48. The van der Waals surface area contributed by atoms with E-state index in [4.69, 9.17) is 9.72 Å². The zero-order chi connectivity index (χ0) is 25.4. The van der Waals surface area contributed by atoms with Crippen LogP contribution in [0.5, 0.6) is 5.75 Å². The van der Waals surface area contributed by atoms with Gasteiger partial charge in [-0.2, -0.15) is 13.2 Å². The molecule has 0 saturated carbocycles. The second kappa shape index (κ2) is 9.59. The molecular weight excluding hydrogens is 489 g/mol. The molecule has 6 nitrogen and oxygen atoms in total. The van der Waals surface area contributed by atoms with E-state index in [-0.39, 0.29) is 11.5 Å². The van der Waals surface area contributed by atoms with Crippen molar-refractivity contribution in [1.29, 1.82) is 0 Å².